The van der Waals surface area contributed by atoms with Crippen LogP contribution in [0.15, 0.2) is 30.3 Å². The van der Waals surface area contributed by atoms with Gasteiger partial charge in [0.15, 0.2) is 0 Å². The van der Waals surface area contributed by atoms with Crippen LogP contribution in [0, 0.1) is 23.2 Å². The van der Waals surface area contributed by atoms with E-state index in [0.29, 0.717) is 19.1 Å². The number of carbonyl (C=O) groups is 1. The molecule has 1 saturated carbocycles. The molecule has 4 nitrogen and oxygen atoms in total. The molecule has 0 aromatic heterocycles. The second-order valence-corrected chi connectivity index (χ2v) is 5.29. The highest BCUT2D eigenvalue weighted by atomic mass is 16.5. The van der Waals surface area contributed by atoms with Crippen molar-refractivity contribution in [2.24, 2.45) is 11.8 Å². The molecule has 0 heterocycles. The number of amides is 1. The summed E-state index contributed by atoms with van der Waals surface area (Å²) >= 11 is 0. The zero-order chi connectivity index (χ0) is 14.2. The summed E-state index contributed by atoms with van der Waals surface area (Å²) in [6.45, 7) is 0.944. The van der Waals surface area contributed by atoms with Crippen LogP contribution >= 0.6 is 0 Å². The summed E-state index contributed by atoms with van der Waals surface area (Å²) in [6, 6.07) is 11.9. The summed E-state index contributed by atoms with van der Waals surface area (Å²) in [4.78, 5) is 11.6. The molecule has 1 aromatic rings. The molecule has 1 aliphatic rings. The average Bonchev–Trinajstić information content (AvgIpc) is 2.52. The number of hydrogen-bond donors (Lipinski definition) is 1. The van der Waals surface area contributed by atoms with Crippen molar-refractivity contribution in [1.29, 1.82) is 5.26 Å². The van der Waals surface area contributed by atoms with E-state index in [1.807, 2.05) is 30.3 Å². The first-order valence-electron chi connectivity index (χ1n) is 7.12. The molecule has 0 radical (unpaired) electrons. The molecule has 0 bridgehead atoms. The van der Waals surface area contributed by atoms with Gasteiger partial charge in [-0.2, -0.15) is 5.26 Å². The van der Waals surface area contributed by atoms with E-state index in [2.05, 4.69) is 11.4 Å². The number of rotatable bonds is 4. The van der Waals surface area contributed by atoms with Gasteiger partial charge in [0.2, 0.25) is 0 Å². The molecule has 1 aliphatic carbocycles. The number of nitrogens with one attached hydrogen (secondary N) is 1. The predicted octanol–water partition coefficient (Wildman–Crippen LogP) is 3.24. The summed E-state index contributed by atoms with van der Waals surface area (Å²) < 4.78 is 5.16. The Balaban J connectivity index is 1.62. The van der Waals surface area contributed by atoms with Gasteiger partial charge < -0.3 is 10.1 Å². The molecule has 0 unspecified atom stereocenters. The summed E-state index contributed by atoms with van der Waals surface area (Å²) in [5.41, 5.74) is 0.983. The maximum atomic E-state index is 11.6. The molecular weight excluding hydrogens is 252 g/mol. The fourth-order valence-electron chi connectivity index (χ4n) is 2.50. The Hall–Kier alpha value is -2.02. The average molecular weight is 272 g/mol. The van der Waals surface area contributed by atoms with Gasteiger partial charge in [0.25, 0.3) is 0 Å². The smallest absolute Gasteiger partial charge is 0.407 e. The van der Waals surface area contributed by atoms with Crippen LogP contribution in [0.3, 0.4) is 0 Å². The maximum absolute atomic E-state index is 11.6. The molecule has 1 amide bonds. The quantitative estimate of drug-likeness (QED) is 0.915. The minimum absolute atomic E-state index is 0.205. The third-order valence-corrected chi connectivity index (χ3v) is 3.78. The van der Waals surface area contributed by atoms with Crippen molar-refractivity contribution in [3.05, 3.63) is 35.9 Å². The van der Waals surface area contributed by atoms with E-state index in [9.17, 15) is 4.79 Å². The lowest BCUT2D eigenvalue weighted by Crippen LogP contribution is -2.31. The van der Waals surface area contributed by atoms with Crippen LogP contribution < -0.4 is 5.32 Å². The highest BCUT2D eigenvalue weighted by molar-refractivity contribution is 5.67. The SMILES string of the molecule is N#C[C@H]1CC[C@H](CNC(=O)OCc2ccccc2)CC1. The molecule has 0 atom stereocenters. The van der Waals surface area contributed by atoms with Crippen molar-refractivity contribution in [2.45, 2.75) is 32.3 Å². The van der Waals surface area contributed by atoms with Crippen LogP contribution in [0.5, 0.6) is 0 Å². The molecular formula is C16H20N2O2. The number of hydrogen-bond acceptors (Lipinski definition) is 3. The Kier molecular flexibility index (Phi) is 5.43. The van der Waals surface area contributed by atoms with Gasteiger partial charge in [-0.05, 0) is 37.2 Å². The van der Waals surface area contributed by atoms with Crippen molar-refractivity contribution in [3.63, 3.8) is 0 Å². The second kappa shape index (κ2) is 7.54. The lowest BCUT2D eigenvalue weighted by molar-refractivity contribution is 0.136. The standard InChI is InChI=1S/C16H20N2O2/c17-10-13-6-8-14(9-7-13)11-18-16(19)20-12-15-4-2-1-3-5-15/h1-5,13-14H,6-9,11-12H2,(H,18,19)/t13-,14-. The van der Waals surface area contributed by atoms with E-state index in [0.717, 1.165) is 31.2 Å². The molecule has 106 valence electrons. The van der Waals surface area contributed by atoms with Crippen LogP contribution in [0.2, 0.25) is 0 Å². The van der Waals surface area contributed by atoms with Gasteiger partial charge in [0.1, 0.15) is 6.61 Å². The number of nitriles is 1. The third kappa shape index (κ3) is 4.58. The van der Waals surface area contributed by atoms with Crippen LogP contribution in [0.25, 0.3) is 0 Å². The number of ether oxygens (including phenoxy) is 1. The Morgan fingerprint density at radius 1 is 1.25 bits per heavy atom. The summed E-state index contributed by atoms with van der Waals surface area (Å²) in [6.07, 6.45) is 3.55. The van der Waals surface area contributed by atoms with Crippen LogP contribution in [-0.4, -0.2) is 12.6 Å². The van der Waals surface area contributed by atoms with Gasteiger partial charge in [-0.25, -0.2) is 4.79 Å². The van der Waals surface area contributed by atoms with E-state index in [-0.39, 0.29) is 12.0 Å². The van der Waals surface area contributed by atoms with E-state index in [4.69, 9.17) is 10.00 Å². The van der Waals surface area contributed by atoms with Crippen molar-refractivity contribution >= 4 is 6.09 Å². The van der Waals surface area contributed by atoms with E-state index < -0.39 is 0 Å². The molecule has 0 saturated heterocycles. The van der Waals surface area contributed by atoms with Crippen molar-refractivity contribution in [3.8, 4) is 6.07 Å². The maximum Gasteiger partial charge on any atom is 0.407 e. The Bertz CT molecular complexity index is 459. The number of nitrogens with zero attached hydrogens (tertiary/aromatic N) is 1. The molecule has 1 fully saturated rings. The number of carbonyl (C=O) groups excluding carboxylic acids is 1. The Morgan fingerprint density at radius 2 is 1.95 bits per heavy atom. The molecule has 1 aromatic carbocycles. The predicted molar refractivity (Wildman–Crippen MR) is 75.7 cm³/mol. The minimum Gasteiger partial charge on any atom is -0.445 e. The van der Waals surface area contributed by atoms with Crippen molar-refractivity contribution in [2.75, 3.05) is 6.54 Å². The molecule has 1 N–H and O–H groups in total. The van der Waals surface area contributed by atoms with Gasteiger partial charge in [-0.3, -0.25) is 0 Å². The molecule has 20 heavy (non-hydrogen) atoms. The first kappa shape index (κ1) is 14.4. The number of benzene rings is 1. The molecule has 2 rings (SSSR count). The van der Waals surface area contributed by atoms with Gasteiger partial charge in [0.05, 0.1) is 6.07 Å². The first-order chi connectivity index (χ1) is 9.78. The van der Waals surface area contributed by atoms with E-state index >= 15 is 0 Å². The van der Waals surface area contributed by atoms with E-state index in [1.165, 1.54) is 0 Å². The summed E-state index contributed by atoms with van der Waals surface area (Å²) in [5, 5.41) is 11.6. The molecule has 0 spiro atoms. The zero-order valence-electron chi connectivity index (χ0n) is 11.5. The molecule has 4 heteroatoms. The van der Waals surface area contributed by atoms with Gasteiger partial charge >= 0.3 is 6.09 Å². The first-order valence-corrected chi connectivity index (χ1v) is 7.12. The Morgan fingerprint density at radius 3 is 2.60 bits per heavy atom. The monoisotopic (exact) mass is 272 g/mol. The lowest BCUT2D eigenvalue weighted by atomic mass is 9.83. The highest BCUT2D eigenvalue weighted by Gasteiger charge is 2.21. The number of alkyl carbamates (subject to hydrolysis) is 1. The summed E-state index contributed by atoms with van der Waals surface area (Å²) in [5.74, 6) is 0.681. The summed E-state index contributed by atoms with van der Waals surface area (Å²) in [7, 11) is 0. The van der Waals surface area contributed by atoms with Crippen molar-refractivity contribution in [1.82, 2.24) is 5.32 Å². The van der Waals surface area contributed by atoms with Gasteiger partial charge in [-0.1, -0.05) is 30.3 Å². The zero-order valence-corrected chi connectivity index (χ0v) is 11.5. The lowest BCUT2D eigenvalue weighted by Gasteiger charge is -2.24. The van der Waals surface area contributed by atoms with Gasteiger partial charge in [0, 0.05) is 12.5 Å². The second-order valence-electron chi connectivity index (χ2n) is 5.29. The van der Waals surface area contributed by atoms with E-state index in [1.54, 1.807) is 0 Å². The van der Waals surface area contributed by atoms with Crippen LogP contribution in [-0.2, 0) is 11.3 Å². The van der Waals surface area contributed by atoms with Crippen molar-refractivity contribution < 1.29 is 9.53 Å². The normalized spacial score (nSPS) is 21.8. The van der Waals surface area contributed by atoms with Gasteiger partial charge in [-0.15, -0.1) is 0 Å². The van der Waals surface area contributed by atoms with Crippen LogP contribution in [0.1, 0.15) is 31.2 Å². The largest absolute Gasteiger partial charge is 0.445 e. The third-order valence-electron chi connectivity index (χ3n) is 3.78. The fraction of sp³-hybridized carbons (Fsp3) is 0.500. The fourth-order valence-corrected chi connectivity index (χ4v) is 2.50. The highest BCUT2D eigenvalue weighted by Crippen LogP contribution is 2.27. The van der Waals surface area contributed by atoms with Crippen LogP contribution in [0.4, 0.5) is 4.79 Å². The Labute approximate surface area is 119 Å². The molecule has 0 aliphatic heterocycles. The minimum atomic E-state index is -0.365. The topological polar surface area (TPSA) is 62.1 Å².